The summed E-state index contributed by atoms with van der Waals surface area (Å²) in [5, 5.41) is 20.6. The predicted octanol–water partition coefficient (Wildman–Crippen LogP) is 3.06. The van der Waals surface area contributed by atoms with E-state index in [1.165, 1.54) is 4.80 Å². The number of ether oxygens (including phenoxy) is 3. The van der Waals surface area contributed by atoms with Crippen molar-refractivity contribution in [3.8, 4) is 11.4 Å². The zero-order chi connectivity index (χ0) is 32.2. The van der Waals surface area contributed by atoms with Crippen LogP contribution in [0.3, 0.4) is 0 Å². The molecule has 14 nitrogen and oxygen atoms in total. The molecule has 244 valence electrons. The average Bonchev–Trinajstić information content (AvgIpc) is 3.89. The molecule has 2 aliphatic heterocycles. The number of piperazine rings is 1. The van der Waals surface area contributed by atoms with Gasteiger partial charge in [0.25, 0.3) is 0 Å². The summed E-state index contributed by atoms with van der Waals surface area (Å²) in [7, 11) is 0. The lowest BCUT2D eigenvalue weighted by atomic mass is 10.1. The molecule has 3 unspecified atom stereocenters. The van der Waals surface area contributed by atoms with Crippen LogP contribution >= 0.6 is 0 Å². The van der Waals surface area contributed by atoms with Crippen molar-refractivity contribution in [3.05, 3.63) is 102 Å². The second-order valence-corrected chi connectivity index (χ2v) is 11.8. The number of hydrogen-bond donors (Lipinski definition) is 0. The number of hydrogen-bond acceptors (Lipinski definition) is 11. The first-order valence-electron chi connectivity index (χ1n) is 15.9. The summed E-state index contributed by atoms with van der Waals surface area (Å²) >= 11 is 0. The Morgan fingerprint density at radius 1 is 0.872 bits per heavy atom. The Labute approximate surface area is 272 Å². The van der Waals surface area contributed by atoms with E-state index in [-0.39, 0.29) is 24.4 Å². The highest BCUT2D eigenvalue weighted by Gasteiger charge is 2.45. The van der Waals surface area contributed by atoms with Crippen molar-refractivity contribution in [3.63, 3.8) is 0 Å². The maximum atomic E-state index is 12.8. The Morgan fingerprint density at radius 2 is 1.53 bits per heavy atom. The van der Waals surface area contributed by atoms with Gasteiger partial charge in [0.05, 0.1) is 43.1 Å². The van der Waals surface area contributed by atoms with Crippen LogP contribution in [0.1, 0.15) is 31.9 Å². The lowest BCUT2D eigenvalue weighted by Gasteiger charge is -2.37. The van der Waals surface area contributed by atoms with Gasteiger partial charge in [-0.1, -0.05) is 6.92 Å². The van der Waals surface area contributed by atoms with E-state index in [2.05, 4.69) is 59.6 Å². The van der Waals surface area contributed by atoms with Crippen molar-refractivity contribution in [2.24, 2.45) is 0 Å². The zero-order valence-corrected chi connectivity index (χ0v) is 26.5. The fraction of sp³-hybridized carbons (Fsp3) is 0.394. The van der Waals surface area contributed by atoms with Gasteiger partial charge in [0.1, 0.15) is 31.3 Å². The molecule has 5 heterocycles. The normalized spacial score (nSPS) is 20.4. The minimum atomic E-state index is -1.08. The van der Waals surface area contributed by atoms with Gasteiger partial charge >= 0.3 is 5.69 Å². The molecule has 2 aromatic carbocycles. The summed E-state index contributed by atoms with van der Waals surface area (Å²) < 4.78 is 21.8. The number of aromatic nitrogens is 8. The Morgan fingerprint density at radius 3 is 2.17 bits per heavy atom. The molecule has 0 bridgehead atoms. The Bertz CT molecular complexity index is 1790. The Kier molecular flexibility index (Phi) is 8.68. The van der Waals surface area contributed by atoms with Crippen LogP contribution in [-0.2, 0) is 21.8 Å². The van der Waals surface area contributed by atoms with Crippen LogP contribution in [0, 0.1) is 0 Å². The first-order valence-corrected chi connectivity index (χ1v) is 15.9. The maximum absolute atomic E-state index is 12.8. The van der Waals surface area contributed by atoms with E-state index in [1.807, 2.05) is 44.2 Å². The van der Waals surface area contributed by atoms with Gasteiger partial charge in [0.15, 0.2) is 0 Å². The van der Waals surface area contributed by atoms with E-state index in [0.717, 1.165) is 61.0 Å². The van der Waals surface area contributed by atoms with Crippen LogP contribution in [0.15, 0.2) is 90.5 Å². The van der Waals surface area contributed by atoms with Gasteiger partial charge < -0.3 is 24.0 Å². The van der Waals surface area contributed by atoms with E-state index in [1.54, 1.807) is 40.4 Å². The predicted molar refractivity (Wildman–Crippen MR) is 174 cm³/mol. The number of rotatable bonds is 11. The molecule has 5 aromatic rings. The highest BCUT2D eigenvalue weighted by Crippen LogP contribution is 2.35. The summed E-state index contributed by atoms with van der Waals surface area (Å²) in [6, 6.07) is 18.2. The van der Waals surface area contributed by atoms with Gasteiger partial charge in [-0.15, -0.1) is 0 Å². The Balaban J connectivity index is 0.913. The van der Waals surface area contributed by atoms with Gasteiger partial charge in [-0.05, 0) is 67.9 Å². The summed E-state index contributed by atoms with van der Waals surface area (Å²) in [6.07, 6.45) is 8.65. The fourth-order valence-electron chi connectivity index (χ4n) is 5.96. The van der Waals surface area contributed by atoms with E-state index in [9.17, 15) is 4.79 Å². The molecule has 3 aromatic heterocycles. The van der Waals surface area contributed by atoms with Crippen molar-refractivity contribution >= 4 is 11.4 Å². The van der Waals surface area contributed by atoms with Crippen LogP contribution in [0.2, 0.25) is 0 Å². The van der Waals surface area contributed by atoms with Crippen LogP contribution < -0.4 is 20.2 Å². The summed E-state index contributed by atoms with van der Waals surface area (Å²) in [4.78, 5) is 19.1. The van der Waals surface area contributed by atoms with Crippen molar-refractivity contribution in [2.75, 3.05) is 49.2 Å². The van der Waals surface area contributed by atoms with Crippen LogP contribution in [0.4, 0.5) is 11.4 Å². The zero-order valence-electron chi connectivity index (χ0n) is 26.5. The van der Waals surface area contributed by atoms with Crippen molar-refractivity contribution in [1.29, 1.82) is 0 Å². The molecule has 14 heteroatoms. The fourth-order valence-corrected chi connectivity index (χ4v) is 5.96. The molecular weight excluding hydrogens is 600 g/mol. The third kappa shape index (κ3) is 6.46. The molecule has 47 heavy (non-hydrogen) atoms. The average molecular weight is 639 g/mol. The first kappa shape index (κ1) is 30.6. The van der Waals surface area contributed by atoms with Crippen molar-refractivity contribution < 1.29 is 14.2 Å². The van der Waals surface area contributed by atoms with Gasteiger partial charge in [0, 0.05) is 43.1 Å². The molecule has 0 radical (unpaired) electrons. The molecule has 7 rings (SSSR count). The van der Waals surface area contributed by atoms with E-state index in [0.29, 0.717) is 13.2 Å². The second kappa shape index (κ2) is 13.3. The van der Waals surface area contributed by atoms with E-state index >= 15 is 0 Å². The standard InChI is InChI=1S/C33H38N10O4/c1-3-25(2)43-32(44)41(24-38-43)29-6-4-27(5-7-29)39-16-18-40(19-17-39)28-8-10-30(11-9-28)45-21-31-22-46-33(47-31,23-42-36-14-15-37-42)26-12-13-34-35-20-26/h4-15,20,24-25,31H,3,16-19,21-23H2,1-2H3. The number of benzene rings is 2. The van der Waals surface area contributed by atoms with Crippen LogP contribution in [0.5, 0.6) is 5.75 Å². The van der Waals surface area contributed by atoms with Crippen LogP contribution in [0.25, 0.3) is 5.69 Å². The topological polar surface area (TPSA) is 130 Å². The van der Waals surface area contributed by atoms with Gasteiger partial charge in [0.2, 0.25) is 5.79 Å². The first-order chi connectivity index (χ1) is 23.0. The minimum Gasteiger partial charge on any atom is -0.491 e. The number of anilines is 2. The molecule has 0 spiro atoms. The highest BCUT2D eigenvalue weighted by molar-refractivity contribution is 5.54. The van der Waals surface area contributed by atoms with E-state index < -0.39 is 5.79 Å². The lowest BCUT2D eigenvalue weighted by molar-refractivity contribution is -0.192. The highest BCUT2D eigenvalue weighted by atomic mass is 16.8. The molecule has 0 N–H and O–H groups in total. The molecule has 2 aliphatic rings. The van der Waals surface area contributed by atoms with E-state index in [4.69, 9.17) is 14.2 Å². The molecule has 3 atom stereocenters. The molecule has 0 aliphatic carbocycles. The monoisotopic (exact) mass is 638 g/mol. The Hall–Kier alpha value is -5.08. The largest absolute Gasteiger partial charge is 0.491 e. The number of nitrogens with zero attached hydrogens (tertiary/aromatic N) is 10. The smallest absolute Gasteiger partial charge is 0.350 e. The minimum absolute atomic E-state index is 0.0688. The molecular formula is C33H38N10O4. The van der Waals surface area contributed by atoms with Crippen molar-refractivity contribution in [1.82, 2.24) is 39.5 Å². The van der Waals surface area contributed by atoms with Crippen LogP contribution in [-0.4, -0.2) is 85.0 Å². The molecule has 2 saturated heterocycles. The summed E-state index contributed by atoms with van der Waals surface area (Å²) in [6.45, 7) is 8.60. The lowest BCUT2D eigenvalue weighted by Crippen LogP contribution is -2.46. The molecule has 0 amide bonds. The molecule has 0 saturated carbocycles. The summed E-state index contributed by atoms with van der Waals surface area (Å²) in [5.74, 6) is -0.310. The van der Waals surface area contributed by atoms with Gasteiger partial charge in [-0.3, -0.25) is 0 Å². The SMILES string of the molecule is CCC(C)n1ncn(-c2ccc(N3CCN(c4ccc(OCC5COC(Cn6nccn6)(c6ccnnc6)O5)cc4)CC3)cc2)c1=O. The van der Waals surface area contributed by atoms with Gasteiger partial charge in [-0.25, -0.2) is 14.0 Å². The van der Waals surface area contributed by atoms with Crippen molar-refractivity contribution in [2.45, 2.75) is 44.7 Å². The summed E-state index contributed by atoms with van der Waals surface area (Å²) in [5.41, 5.74) is 3.75. The maximum Gasteiger partial charge on any atom is 0.350 e. The molecule has 2 fully saturated rings. The quantitative estimate of drug-likeness (QED) is 0.212. The third-order valence-electron chi connectivity index (χ3n) is 8.81. The second-order valence-electron chi connectivity index (χ2n) is 11.8. The van der Waals surface area contributed by atoms with Gasteiger partial charge in [-0.2, -0.15) is 30.3 Å². The third-order valence-corrected chi connectivity index (χ3v) is 8.81.